The van der Waals surface area contributed by atoms with Gasteiger partial charge in [0.15, 0.2) is 0 Å². The lowest BCUT2D eigenvalue weighted by atomic mass is 10.0. The molecule has 0 unspecified atom stereocenters. The number of hydrogen-bond acceptors (Lipinski definition) is 4. The fourth-order valence-electron chi connectivity index (χ4n) is 2.77. The van der Waals surface area contributed by atoms with Gasteiger partial charge in [0.25, 0.3) is 5.91 Å². The first-order chi connectivity index (χ1) is 11.1. The molecule has 0 saturated carbocycles. The van der Waals surface area contributed by atoms with Crippen molar-refractivity contribution in [3.8, 4) is 22.6 Å². The predicted molar refractivity (Wildman–Crippen MR) is 86.6 cm³/mol. The second-order valence-electron chi connectivity index (χ2n) is 5.65. The lowest BCUT2D eigenvalue weighted by Crippen LogP contribution is -2.29. The van der Waals surface area contributed by atoms with Gasteiger partial charge in [0.1, 0.15) is 11.5 Å². The topological polar surface area (TPSA) is 70.0 Å². The summed E-state index contributed by atoms with van der Waals surface area (Å²) in [4.78, 5) is 14.0. The number of amides is 1. The van der Waals surface area contributed by atoms with Crippen LogP contribution in [0.4, 0.5) is 0 Å². The molecule has 3 rings (SSSR count). The van der Waals surface area contributed by atoms with Crippen LogP contribution in [0, 0.1) is 0 Å². The van der Waals surface area contributed by atoms with Crippen LogP contribution in [-0.4, -0.2) is 47.3 Å². The first-order valence-corrected chi connectivity index (χ1v) is 7.53. The fraction of sp³-hybridized carbons (Fsp3) is 0.278. The van der Waals surface area contributed by atoms with Gasteiger partial charge < -0.3 is 19.8 Å². The van der Waals surface area contributed by atoms with E-state index in [-0.39, 0.29) is 11.7 Å². The number of phenols is 1. The molecular formula is C18H19NO4. The number of benzene rings is 2. The van der Waals surface area contributed by atoms with E-state index in [1.165, 1.54) is 0 Å². The van der Waals surface area contributed by atoms with Gasteiger partial charge in [0.2, 0.25) is 0 Å². The molecule has 2 aromatic rings. The maximum atomic E-state index is 12.4. The van der Waals surface area contributed by atoms with Crippen molar-refractivity contribution in [2.75, 3.05) is 20.2 Å². The highest BCUT2D eigenvalue weighted by Crippen LogP contribution is 2.32. The Kier molecular flexibility index (Phi) is 4.21. The third kappa shape index (κ3) is 3.14. The van der Waals surface area contributed by atoms with Gasteiger partial charge in [-0.25, -0.2) is 0 Å². The molecule has 0 bridgehead atoms. The van der Waals surface area contributed by atoms with Crippen molar-refractivity contribution in [2.45, 2.75) is 12.5 Å². The van der Waals surface area contributed by atoms with Crippen molar-refractivity contribution in [1.29, 1.82) is 0 Å². The molecule has 0 aliphatic carbocycles. The Bertz CT molecular complexity index is 711. The second-order valence-corrected chi connectivity index (χ2v) is 5.65. The first kappa shape index (κ1) is 15.4. The maximum Gasteiger partial charge on any atom is 0.253 e. The van der Waals surface area contributed by atoms with E-state index in [1.807, 2.05) is 0 Å². The number of aromatic hydroxyl groups is 1. The number of rotatable bonds is 3. The van der Waals surface area contributed by atoms with Crippen molar-refractivity contribution >= 4 is 5.91 Å². The fourth-order valence-corrected chi connectivity index (χ4v) is 2.77. The summed E-state index contributed by atoms with van der Waals surface area (Å²) in [7, 11) is 1.57. The monoisotopic (exact) mass is 313 g/mol. The summed E-state index contributed by atoms with van der Waals surface area (Å²) in [6.07, 6.45) is 0.202. The Labute approximate surface area is 134 Å². The van der Waals surface area contributed by atoms with E-state index < -0.39 is 6.10 Å². The standard InChI is InChI=1S/C18H19NO4/c1-23-15-6-7-17(21)16(10-15)12-2-4-13(5-3-12)18(22)19-9-8-14(20)11-19/h2-7,10,14,20-21H,8-9,11H2,1H3/t14-/m1/s1. The number of ether oxygens (including phenoxy) is 1. The maximum absolute atomic E-state index is 12.4. The van der Waals surface area contributed by atoms with E-state index in [0.29, 0.717) is 36.4 Å². The van der Waals surface area contributed by atoms with Crippen LogP contribution in [0.2, 0.25) is 0 Å². The van der Waals surface area contributed by atoms with E-state index >= 15 is 0 Å². The lowest BCUT2D eigenvalue weighted by molar-refractivity contribution is 0.0765. The van der Waals surface area contributed by atoms with Crippen molar-refractivity contribution in [2.24, 2.45) is 0 Å². The molecule has 1 saturated heterocycles. The normalized spacial score (nSPS) is 17.3. The largest absolute Gasteiger partial charge is 0.507 e. The van der Waals surface area contributed by atoms with Crippen LogP contribution in [0.3, 0.4) is 0 Å². The third-order valence-electron chi connectivity index (χ3n) is 4.10. The summed E-state index contributed by atoms with van der Waals surface area (Å²) >= 11 is 0. The number of β-amino-alcohol motifs (C(OH)–C–C–N with tert-alkyl or cyclic N) is 1. The van der Waals surface area contributed by atoms with Crippen LogP contribution in [0.1, 0.15) is 16.8 Å². The predicted octanol–water partition coefficient (Wildman–Crippen LogP) is 2.27. The average molecular weight is 313 g/mol. The highest BCUT2D eigenvalue weighted by atomic mass is 16.5. The van der Waals surface area contributed by atoms with Crippen molar-refractivity contribution in [3.05, 3.63) is 48.0 Å². The van der Waals surface area contributed by atoms with E-state index in [2.05, 4.69) is 0 Å². The van der Waals surface area contributed by atoms with E-state index in [4.69, 9.17) is 4.74 Å². The Hall–Kier alpha value is -2.53. The molecule has 1 amide bonds. The molecule has 1 atom stereocenters. The summed E-state index contributed by atoms with van der Waals surface area (Å²) in [5.41, 5.74) is 2.03. The van der Waals surface area contributed by atoms with Crippen molar-refractivity contribution < 1.29 is 19.7 Å². The van der Waals surface area contributed by atoms with Crippen LogP contribution >= 0.6 is 0 Å². The van der Waals surface area contributed by atoms with Crippen molar-refractivity contribution in [1.82, 2.24) is 4.90 Å². The number of aliphatic hydroxyl groups is 1. The number of aliphatic hydroxyl groups excluding tert-OH is 1. The highest BCUT2D eigenvalue weighted by molar-refractivity contribution is 5.95. The lowest BCUT2D eigenvalue weighted by Gasteiger charge is -2.15. The van der Waals surface area contributed by atoms with Crippen molar-refractivity contribution in [3.63, 3.8) is 0 Å². The Balaban J connectivity index is 1.83. The minimum atomic E-state index is -0.424. The second kappa shape index (κ2) is 6.30. The van der Waals surface area contributed by atoms with Crippen LogP contribution in [-0.2, 0) is 0 Å². The quantitative estimate of drug-likeness (QED) is 0.912. The molecule has 2 aromatic carbocycles. The van der Waals surface area contributed by atoms with Gasteiger partial charge in [-0.1, -0.05) is 12.1 Å². The zero-order valence-corrected chi connectivity index (χ0v) is 12.9. The molecule has 120 valence electrons. The minimum absolute atomic E-state index is 0.0806. The number of carbonyl (C=O) groups excluding carboxylic acids is 1. The van der Waals surface area contributed by atoms with Gasteiger partial charge in [0.05, 0.1) is 13.2 Å². The molecule has 1 aliphatic rings. The number of likely N-dealkylation sites (tertiary alicyclic amines) is 1. The SMILES string of the molecule is COc1ccc(O)c(-c2ccc(C(=O)N3CC[C@@H](O)C3)cc2)c1. The number of nitrogens with zero attached hydrogens (tertiary/aromatic N) is 1. The Morgan fingerprint density at radius 1 is 1.22 bits per heavy atom. The summed E-state index contributed by atoms with van der Waals surface area (Å²) in [5, 5.41) is 19.5. The van der Waals surface area contributed by atoms with E-state index in [1.54, 1.807) is 54.5 Å². The number of carbonyl (C=O) groups is 1. The Morgan fingerprint density at radius 3 is 2.57 bits per heavy atom. The molecule has 23 heavy (non-hydrogen) atoms. The number of methoxy groups -OCH3 is 1. The van der Waals surface area contributed by atoms with Gasteiger partial charge in [-0.15, -0.1) is 0 Å². The first-order valence-electron chi connectivity index (χ1n) is 7.53. The molecule has 1 fully saturated rings. The zero-order chi connectivity index (χ0) is 16.4. The summed E-state index contributed by atoms with van der Waals surface area (Å²) in [5.74, 6) is 0.736. The van der Waals surface area contributed by atoms with Gasteiger partial charge in [-0.3, -0.25) is 4.79 Å². The molecule has 0 radical (unpaired) electrons. The van der Waals surface area contributed by atoms with Gasteiger partial charge in [0, 0.05) is 24.2 Å². The smallest absolute Gasteiger partial charge is 0.253 e. The molecule has 5 heteroatoms. The highest BCUT2D eigenvalue weighted by Gasteiger charge is 2.25. The van der Waals surface area contributed by atoms with Crippen LogP contribution in [0.15, 0.2) is 42.5 Å². The number of hydrogen-bond donors (Lipinski definition) is 2. The molecule has 1 heterocycles. The summed E-state index contributed by atoms with van der Waals surface area (Å²) < 4.78 is 5.18. The molecular weight excluding hydrogens is 294 g/mol. The molecule has 5 nitrogen and oxygen atoms in total. The summed E-state index contributed by atoms with van der Waals surface area (Å²) in [6, 6.07) is 12.1. The molecule has 0 spiro atoms. The van der Waals surface area contributed by atoms with Gasteiger partial charge in [-0.05, 0) is 42.3 Å². The van der Waals surface area contributed by atoms with E-state index in [0.717, 1.165) is 5.56 Å². The third-order valence-corrected chi connectivity index (χ3v) is 4.10. The van der Waals surface area contributed by atoms with Crippen LogP contribution in [0.25, 0.3) is 11.1 Å². The summed E-state index contributed by atoms with van der Waals surface area (Å²) in [6.45, 7) is 0.968. The molecule has 2 N–H and O–H groups in total. The van der Waals surface area contributed by atoms with E-state index in [9.17, 15) is 15.0 Å². The van der Waals surface area contributed by atoms with Crippen LogP contribution < -0.4 is 4.74 Å². The number of phenolic OH excluding ortho intramolecular Hbond substituents is 1. The van der Waals surface area contributed by atoms with Crippen LogP contribution in [0.5, 0.6) is 11.5 Å². The average Bonchev–Trinajstić information content (AvgIpc) is 3.01. The molecule has 0 aromatic heterocycles. The minimum Gasteiger partial charge on any atom is -0.507 e. The Morgan fingerprint density at radius 2 is 1.96 bits per heavy atom. The molecule has 1 aliphatic heterocycles. The van der Waals surface area contributed by atoms with Gasteiger partial charge in [-0.2, -0.15) is 0 Å². The van der Waals surface area contributed by atoms with Gasteiger partial charge >= 0.3 is 0 Å². The zero-order valence-electron chi connectivity index (χ0n) is 12.9.